The van der Waals surface area contributed by atoms with Crippen LogP contribution in [0.5, 0.6) is 0 Å². The van der Waals surface area contributed by atoms with E-state index >= 15 is 0 Å². The molecule has 346 valence electrons. The highest BCUT2D eigenvalue weighted by Crippen LogP contribution is 2.40. The van der Waals surface area contributed by atoms with Gasteiger partial charge >= 0.3 is 11.9 Å². The van der Waals surface area contributed by atoms with Crippen molar-refractivity contribution in [1.82, 2.24) is 0 Å². The quantitative estimate of drug-likeness (QED) is 0.117. The predicted molar refractivity (Wildman–Crippen MR) is 227 cm³/mol. The monoisotopic (exact) mass is 880 g/mol. The zero-order chi connectivity index (χ0) is 45.6. The standard InChI is InChI=1S/C27H36O8.C21H28O7/c1-16(14-31-19(4)28)13-23-27(32-15-21-9-7-6-8-10-21)18(3)25(34-23)17(2)26-22(30)11-12-24(35-26)33-20(5)29;1-13-20(27-12-14-6-3-2-4-7-14)17(10-15(23)11-22)28-21(13)19(25)18(24)16-8-5-9-26-16/h6-12,16-18,23-27H,13-15H2,1-5H3;2-9,13,15,17-25H,10-12H2,1H3/t16-,17+,18+,23?,24?,25+,26-,27-;13-,15-,17?,18+,19-,20-,21-/m11/s1. The molecule has 3 unspecified atom stereocenters. The minimum atomic E-state index is -1.24. The first-order chi connectivity index (χ1) is 30.2. The highest BCUT2D eigenvalue weighted by atomic mass is 16.7. The molecule has 0 spiro atoms. The molecule has 2 saturated heterocycles. The Morgan fingerprint density at radius 3 is 1.86 bits per heavy atom. The number of hydrogen-bond acceptors (Lipinski definition) is 15. The van der Waals surface area contributed by atoms with Crippen molar-refractivity contribution in [2.45, 2.75) is 135 Å². The second-order valence-corrected chi connectivity index (χ2v) is 16.8. The van der Waals surface area contributed by atoms with Crippen molar-refractivity contribution in [2.75, 3.05) is 13.2 Å². The molecule has 3 aliphatic rings. The van der Waals surface area contributed by atoms with Crippen LogP contribution in [-0.2, 0) is 60.8 Å². The summed E-state index contributed by atoms with van der Waals surface area (Å²) < 4.78 is 46.2. The molecule has 63 heavy (non-hydrogen) atoms. The van der Waals surface area contributed by atoms with Crippen molar-refractivity contribution in [2.24, 2.45) is 23.7 Å². The summed E-state index contributed by atoms with van der Waals surface area (Å²) in [6, 6.07) is 22.8. The van der Waals surface area contributed by atoms with Crippen LogP contribution < -0.4 is 0 Å². The van der Waals surface area contributed by atoms with Crippen LogP contribution in [-0.4, -0.2) is 113 Å². The van der Waals surface area contributed by atoms with Gasteiger partial charge in [0.25, 0.3) is 0 Å². The number of aliphatic hydroxyl groups is 4. The zero-order valence-electron chi connectivity index (χ0n) is 36.8. The average Bonchev–Trinajstić information content (AvgIpc) is 4.00. The van der Waals surface area contributed by atoms with Gasteiger partial charge in [-0.05, 0) is 47.8 Å². The molecule has 6 rings (SSSR count). The maximum Gasteiger partial charge on any atom is 0.305 e. The lowest BCUT2D eigenvalue weighted by atomic mass is 9.84. The third-order valence-corrected chi connectivity index (χ3v) is 11.7. The van der Waals surface area contributed by atoms with Crippen LogP contribution in [0.1, 0.15) is 77.4 Å². The number of ether oxygens (including phenoxy) is 7. The van der Waals surface area contributed by atoms with Crippen LogP contribution in [0, 0.1) is 23.7 Å². The Kier molecular flexibility index (Phi) is 19.0. The van der Waals surface area contributed by atoms with Gasteiger partial charge in [0.2, 0.25) is 6.29 Å². The fraction of sp³-hybridized carbons (Fsp3) is 0.562. The van der Waals surface area contributed by atoms with Gasteiger partial charge in [0.1, 0.15) is 24.1 Å². The molecule has 15 atom stereocenters. The summed E-state index contributed by atoms with van der Waals surface area (Å²) in [5.41, 5.74) is 2.05. The Morgan fingerprint density at radius 2 is 1.32 bits per heavy atom. The fourth-order valence-corrected chi connectivity index (χ4v) is 8.47. The smallest absolute Gasteiger partial charge is 0.305 e. The van der Waals surface area contributed by atoms with Gasteiger partial charge < -0.3 is 58.0 Å². The Morgan fingerprint density at radius 1 is 0.746 bits per heavy atom. The molecule has 3 aliphatic heterocycles. The highest BCUT2D eigenvalue weighted by molar-refractivity contribution is 5.94. The predicted octanol–water partition coefficient (Wildman–Crippen LogP) is 5.02. The summed E-state index contributed by atoms with van der Waals surface area (Å²) in [5.74, 6) is -1.26. The highest BCUT2D eigenvalue weighted by Gasteiger charge is 2.50. The normalized spacial score (nSPS) is 29.2. The van der Waals surface area contributed by atoms with Crippen LogP contribution in [0.4, 0.5) is 0 Å². The molecule has 4 N–H and O–H groups in total. The van der Waals surface area contributed by atoms with Gasteiger partial charge in [-0.25, -0.2) is 0 Å². The first-order valence-electron chi connectivity index (χ1n) is 21.6. The lowest BCUT2D eigenvalue weighted by molar-refractivity contribution is -0.189. The summed E-state index contributed by atoms with van der Waals surface area (Å²) in [6.07, 6.45) is -2.48. The van der Waals surface area contributed by atoms with Gasteiger partial charge in [-0.1, -0.05) is 88.4 Å². The van der Waals surface area contributed by atoms with E-state index in [4.69, 9.17) is 37.6 Å². The molecule has 4 heterocycles. The van der Waals surface area contributed by atoms with Crippen molar-refractivity contribution < 1.29 is 72.4 Å². The van der Waals surface area contributed by atoms with E-state index in [-0.39, 0.29) is 72.5 Å². The summed E-state index contributed by atoms with van der Waals surface area (Å²) in [6.45, 7) is 11.2. The van der Waals surface area contributed by atoms with E-state index in [1.807, 2.05) is 81.4 Å². The number of carbonyl (C=O) groups excluding carboxylic acids is 3. The molecule has 2 aromatic carbocycles. The van der Waals surface area contributed by atoms with Crippen LogP contribution >= 0.6 is 0 Å². The number of furan rings is 1. The Balaban J connectivity index is 0.000000243. The van der Waals surface area contributed by atoms with Gasteiger partial charge in [-0.15, -0.1) is 0 Å². The summed E-state index contributed by atoms with van der Waals surface area (Å²) in [5, 5.41) is 40.2. The van der Waals surface area contributed by atoms with Crippen molar-refractivity contribution in [1.29, 1.82) is 0 Å². The second kappa shape index (κ2) is 24.1. The third-order valence-electron chi connectivity index (χ3n) is 11.7. The third kappa shape index (κ3) is 14.1. The van der Waals surface area contributed by atoms with Crippen molar-refractivity contribution in [3.8, 4) is 0 Å². The van der Waals surface area contributed by atoms with E-state index in [0.29, 0.717) is 26.2 Å². The molecule has 2 fully saturated rings. The molecule has 15 nitrogen and oxygen atoms in total. The molecular formula is C48H64O15. The fourth-order valence-electron chi connectivity index (χ4n) is 8.47. The molecule has 15 heteroatoms. The van der Waals surface area contributed by atoms with E-state index < -0.39 is 55.0 Å². The number of benzene rings is 2. The van der Waals surface area contributed by atoms with Crippen molar-refractivity contribution >= 4 is 17.7 Å². The van der Waals surface area contributed by atoms with Gasteiger partial charge in [-0.3, -0.25) is 14.4 Å². The number of esters is 2. The first kappa shape index (κ1) is 49.7. The van der Waals surface area contributed by atoms with E-state index in [2.05, 4.69) is 6.92 Å². The number of aliphatic hydroxyl groups excluding tert-OH is 4. The maximum atomic E-state index is 12.6. The van der Waals surface area contributed by atoms with Crippen LogP contribution in [0.25, 0.3) is 0 Å². The van der Waals surface area contributed by atoms with Gasteiger partial charge in [0.15, 0.2) is 5.78 Å². The zero-order valence-corrected chi connectivity index (χ0v) is 36.8. The molecule has 3 aromatic rings. The number of carbonyl (C=O) groups is 3. The molecule has 0 aliphatic carbocycles. The molecule has 0 bridgehead atoms. The number of rotatable bonds is 19. The lowest BCUT2D eigenvalue weighted by Gasteiger charge is -2.33. The molecular weight excluding hydrogens is 817 g/mol. The van der Waals surface area contributed by atoms with Gasteiger partial charge in [-0.2, -0.15) is 0 Å². The van der Waals surface area contributed by atoms with E-state index in [0.717, 1.165) is 11.1 Å². The summed E-state index contributed by atoms with van der Waals surface area (Å²) in [7, 11) is 0. The largest absolute Gasteiger partial charge is 0.466 e. The summed E-state index contributed by atoms with van der Waals surface area (Å²) >= 11 is 0. The van der Waals surface area contributed by atoms with Crippen molar-refractivity contribution in [3.05, 3.63) is 108 Å². The first-order valence-corrected chi connectivity index (χ1v) is 21.6. The summed E-state index contributed by atoms with van der Waals surface area (Å²) in [4.78, 5) is 35.2. The average molecular weight is 881 g/mol. The topological polar surface area (TPSA) is 210 Å². The Labute approximate surface area is 369 Å². The molecule has 0 saturated carbocycles. The SMILES string of the molecule is CC(=O)OC[C@H](C)CC1O[C@@H]([C@H](C)[C@H]2OC(OC(C)=O)C=CC2=O)[C@H](C)[C@H]1OCc1ccccc1.C[C@H]1[C@H]([C@H](O)[C@@H](O)c2ccco2)OC(C[C@@H](O)CO)[C@@H]1OCc1ccccc1. The van der Waals surface area contributed by atoms with E-state index in [1.54, 1.807) is 12.1 Å². The van der Waals surface area contributed by atoms with Gasteiger partial charge in [0.05, 0.1) is 75.4 Å². The van der Waals surface area contributed by atoms with Gasteiger partial charge in [0, 0.05) is 38.0 Å². The Hall–Kier alpha value is -4.29. The number of hydrogen-bond donors (Lipinski definition) is 4. The Bertz CT molecular complexity index is 1860. The maximum absolute atomic E-state index is 12.6. The lowest BCUT2D eigenvalue weighted by Crippen LogP contribution is -2.44. The van der Waals surface area contributed by atoms with Crippen LogP contribution in [0.2, 0.25) is 0 Å². The van der Waals surface area contributed by atoms with E-state index in [9.17, 15) is 34.8 Å². The van der Waals surface area contributed by atoms with E-state index in [1.165, 1.54) is 32.3 Å². The minimum absolute atomic E-state index is 0.0332. The van der Waals surface area contributed by atoms with Crippen molar-refractivity contribution in [3.63, 3.8) is 0 Å². The molecule has 0 amide bonds. The molecule has 1 aromatic heterocycles. The minimum Gasteiger partial charge on any atom is -0.466 e. The second-order valence-electron chi connectivity index (χ2n) is 16.8. The number of ketones is 1. The van der Waals surface area contributed by atoms with Crippen LogP contribution in [0.15, 0.2) is 95.6 Å². The van der Waals surface area contributed by atoms with Crippen LogP contribution in [0.3, 0.4) is 0 Å². The molecule has 0 radical (unpaired) electrons.